The third-order valence-corrected chi connectivity index (χ3v) is 8.72. The van der Waals surface area contributed by atoms with Crippen molar-refractivity contribution in [2.45, 2.75) is 44.3 Å². The standard InChI is InChI=1S/C28H24Cl2FN3O5/c29-19-2-1-3-20(30)23(19)24-18(26(39-33-24)13-4-5-13)12-37-17-6-15-10-34(11-16(15)7-17)28-32-25-21(31)8-14(27(35)36)9-22(25)38-28/h1-3,8-9,13,15-17H,4-7,10-12H2,(H,35,36)/t15-,16+,17?. The van der Waals surface area contributed by atoms with Gasteiger partial charge in [0.25, 0.3) is 6.01 Å². The van der Waals surface area contributed by atoms with Crippen LogP contribution in [-0.2, 0) is 11.3 Å². The second-order valence-corrected chi connectivity index (χ2v) is 11.5. The van der Waals surface area contributed by atoms with E-state index >= 15 is 0 Å². The van der Waals surface area contributed by atoms with Gasteiger partial charge in [0.05, 0.1) is 28.3 Å². The van der Waals surface area contributed by atoms with Gasteiger partial charge in [0.2, 0.25) is 0 Å². The minimum absolute atomic E-state index is 0.0443. The van der Waals surface area contributed by atoms with Crippen LogP contribution in [0.5, 0.6) is 0 Å². The lowest BCUT2D eigenvalue weighted by atomic mass is 10.0. The molecule has 0 amide bonds. The first-order valence-corrected chi connectivity index (χ1v) is 13.7. The fourth-order valence-electron chi connectivity index (χ4n) is 6.02. The van der Waals surface area contributed by atoms with Gasteiger partial charge in [0.15, 0.2) is 11.4 Å². The van der Waals surface area contributed by atoms with Crippen molar-refractivity contribution in [1.82, 2.24) is 10.1 Å². The molecule has 2 saturated carbocycles. The van der Waals surface area contributed by atoms with Crippen LogP contribution < -0.4 is 4.90 Å². The number of carboxylic acids is 1. The van der Waals surface area contributed by atoms with Gasteiger partial charge in [-0.1, -0.05) is 34.4 Å². The van der Waals surface area contributed by atoms with Gasteiger partial charge in [0.1, 0.15) is 17.0 Å². The van der Waals surface area contributed by atoms with Crippen LogP contribution in [0, 0.1) is 17.7 Å². The van der Waals surface area contributed by atoms with Gasteiger partial charge in [-0.05, 0) is 61.8 Å². The molecule has 39 heavy (non-hydrogen) atoms. The summed E-state index contributed by atoms with van der Waals surface area (Å²) in [5, 5.41) is 14.6. The van der Waals surface area contributed by atoms with Crippen molar-refractivity contribution in [2.24, 2.45) is 11.8 Å². The Balaban J connectivity index is 1.04. The van der Waals surface area contributed by atoms with Crippen LogP contribution in [0.2, 0.25) is 10.0 Å². The highest BCUT2D eigenvalue weighted by molar-refractivity contribution is 6.39. The predicted molar refractivity (Wildman–Crippen MR) is 142 cm³/mol. The Labute approximate surface area is 232 Å². The van der Waals surface area contributed by atoms with Crippen molar-refractivity contribution in [1.29, 1.82) is 0 Å². The average Bonchev–Trinajstić information content (AvgIpc) is 3.20. The predicted octanol–water partition coefficient (Wildman–Crippen LogP) is 6.94. The molecule has 2 aliphatic carbocycles. The second-order valence-electron chi connectivity index (χ2n) is 10.7. The molecule has 0 spiro atoms. The van der Waals surface area contributed by atoms with Crippen molar-refractivity contribution in [2.75, 3.05) is 18.0 Å². The maximum Gasteiger partial charge on any atom is 0.335 e. The number of carbonyl (C=O) groups is 1. The summed E-state index contributed by atoms with van der Waals surface area (Å²) in [5.41, 5.74) is 2.24. The highest BCUT2D eigenvalue weighted by Gasteiger charge is 2.43. The molecule has 1 unspecified atom stereocenters. The first-order chi connectivity index (χ1) is 18.9. The fourth-order valence-corrected chi connectivity index (χ4v) is 6.60. The van der Waals surface area contributed by atoms with Crippen molar-refractivity contribution >= 4 is 46.3 Å². The second kappa shape index (κ2) is 9.50. The molecule has 4 aromatic rings. The van der Waals surface area contributed by atoms with E-state index in [1.165, 1.54) is 6.07 Å². The number of benzene rings is 2. The molecule has 2 aromatic carbocycles. The van der Waals surface area contributed by atoms with Gasteiger partial charge < -0.3 is 23.7 Å². The number of aromatic nitrogens is 2. The van der Waals surface area contributed by atoms with Gasteiger partial charge >= 0.3 is 5.97 Å². The summed E-state index contributed by atoms with van der Waals surface area (Å²) in [6, 6.07) is 7.98. The zero-order chi connectivity index (χ0) is 26.8. The summed E-state index contributed by atoms with van der Waals surface area (Å²) in [6.45, 7) is 1.80. The van der Waals surface area contributed by atoms with Crippen LogP contribution in [0.25, 0.3) is 22.4 Å². The molecule has 202 valence electrons. The van der Waals surface area contributed by atoms with Gasteiger partial charge in [-0.3, -0.25) is 0 Å². The number of fused-ring (bicyclic) bond motifs is 2. The lowest BCUT2D eigenvalue weighted by Gasteiger charge is -2.18. The number of anilines is 1. The minimum Gasteiger partial charge on any atom is -0.478 e. The molecule has 1 aliphatic heterocycles. The molecular formula is C28H24Cl2FN3O5. The molecule has 1 N–H and O–H groups in total. The van der Waals surface area contributed by atoms with E-state index in [2.05, 4.69) is 10.1 Å². The van der Waals surface area contributed by atoms with E-state index in [9.17, 15) is 14.3 Å². The van der Waals surface area contributed by atoms with E-state index in [4.69, 9.17) is 36.9 Å². The molecule has 3 aliphatic rings. The highest BCUT2D eigenvalue weighted by Crippen LogP contribution is 2.47. The molecule has 8 nitrogen and oxygen atoms in total. The van der Waals surface area contributed by atoms with Crippen LogP contribution in [-0.4, -0.2) is 40.4 Å². The average molecular weight is 572 g/mol. The monoisotopic (exact) mass is 571 g/mol. The SMILES string of the molecule is O=C(O)c1cc(F)c2nc(N3C[C@H]4CC(OCc5c(-c6c(Cl)cccc6Cl)noc5C5CC5)C[C@H]4C3)oc2c1. The van der Waals surface area contributed by atoms with Crippen molar-refractivity contribution in [3.63, 3.8) is 0 Å². The largest absolute Gasteiger partial charge is 0.478 e. The number of halogens is 3. The van der Waals surface area contributed by atoms with Crippen LogP contribution >= 0.6 is 23.2 Å². The van der Waals surface area contributed by atoms with Gasteiger partial charge in [-0.15, -0.1) is 0 Å². The summed E-state index contributed by atoms with van der Waals surface area (Å²) in [6.07, 6.45) is 3.98. The van der Waals surface area contributed by atoms with Crippen LogP contribution in [0.15, 0.2) is 39.3 Å². The van der Waals surface area contributed by atoms with E-state index in [-0.39, 0.29) is 22.8 Å². The molecule has 3 atom stereocenters. The van der Waals surface area contributed by atoms with Crippen LogP contribution in [0.3, 0.4) is 0 Å². The van der Waals surface area contributed by atoms with E-state index in [1.807, 2.05) is 4.90 Å². The van der Waals surface area contributed by atoms with Crippen molar-refractivity contribution in [3.8, 4) is 11.3 Å². The molecule has 1 saturated heterocycles. The maximum atomic E-state index is 14.4. The molecule has 2 aromatic heterocycles. The zero-order valence-electron chi connectivity index (χ0n) is 20.7. The van der Waals surface area contributed by atoms with E-state index < -0.39 is 11.8 Å². The zero-order valence-corrected chi connectivity index (χ0v) is 22.2. The van der Waals surface area contributed by atoms with Crippen molar-refractivity contribution < 1.29 is 28.0 Å². The fraction of sp³-hybridized carbons (Fsp3) is 0.393. The Bertz CT molecular complexity index is 1570. The maximum absolute atomic E-state index is 14.4. The topological polar surface area (TPSA) is 102 Å². The first kappa shape index (κ1) is 24.9. The smallest absolute Gasteiger partial charge is 0.335 e. The summed E-state index contributed by atoms with van der Waals surface area (Å²) >= 11 is 13.0. The molecule has 3 heterocycles. The third kappa shape index (κ3) is 4.46. The van der Waals surface area contributed by atoms with Gasteiger partial charge in [-0.25, -0.2) is 9.18 Å². The van der Waals surface area contributed by atoms with E-state index in [0.717, 1.165) is 43.1 Å². The Kier molecular flexibility index (Phi) is 6.06. The summed E-state index contributed by atoms with van der Waals surface area (Å²) in [4.78, 5) is 17.6. The number of oxazole rings is 1. The lowest BCUT2D eigenvalue weighted by Crippen LogP contribution is -2.23. The van der Waals surface area contributed by atoms with E-state index in [1.54, 1.807) is 18.2 Å². The minimum atomic E-state index is -1.21. The Morgan fingerprint density at radius 3 is 2.54 bits per heavy atom. The number of hydrogen-bond donors (Lipinski definition) is 1. The van der Waals surface area contributed by atoms with Crippen molar-refractivity contribution in [3.05, 3.63) is 63.1 Å². The normalized spacial score (nSPS) is 22.6. The Morgan fingerprint density at radius 2 is 1.87 bits per heavy atom. The molecule has 11 heteroatoms. The number of ether oxygens (including phenoxy) is 1. The van der Waals surface area contributed by atoms with Gasteiger partial charge in [-0.2, -0.15) is 4.98 Å². The lowest BCUT2D eigenvalue weighted by molar-refractivity contribution is 0.0402. The quantitative estimate of drug-likeness (QED) is 0.254. The van der Waals surface area contributed by atoms with E-state index in [0.29, 0.717) is 64.8 Å². The van der Waals surface area contributed by atoms with Gasteiger partial charge in [0, 0.05) is 30.1 Å². The number of hydrogen-bond acceptors (Lipinski definition) is 7. The third-order valence-electron chi connectivity index (χ3n) is 8.09. The molecule has 0 bridgehead atoms. The summed E-state index contributed by atoms with van der Waals surface area (Å²) in [7, 11) is 0. The molecule has 3 fully saturated rings. The number of nitrogens with zero attached hydrogens (tertiary/aromatic N) is 3. The first-order valence-electron chi connectivity index (χ1n) is 13.0. The van der Waals surface area contributed by atoms with Crippen LogP contribution in [0.4, 0.5) is 10.4 Å². The highest BCUT2D eigenvalue weighted by atomic mass is 35.5. The number of aromatic carboxylic acids is 1. The summed E-state index contributed by atoms with van der Waals surface area (Å²) < 4.78 is 32.4. The number of carboxylic acid groups (broad SMARTS) is 1. The molecule has 0 radical (unpaired) electrons. The number of rotatable bonds is 7. The molecular weight excluding hydrogens is 548 g/mol. The molecule has 7 rings (SSSR count). The summed E-state index contributed by atoms with van der Waals surface area (Å²) in [5.74, 6) is 0.0621. The van der Waals surface area contributed by atoms with Crippen LogP contribution in [0.1, 0.15) is 53.3 Å². The Morgan fingerprint density at radius 1 is 1.15 bits per heavy atom. The Hall–Kier alpha value is -3.14.